The van der Waals surface area contributed by atoms with E-state index in [4.69, 9.17) is 0 Å². The number of likely N-dealkylation sites (tertiary alicyclic amines) is 1. The Hall–Kier alpha value is -0.750. The molecule has 1 aromatic rings. The predicted molar refractivity (Wildman–Crippen MR) is 98.9 cm³/mol. The number of halogens is 1. The van der Waals surface area contributed by atoms with Crippen LogP contribution in [0.15, 0.2) is 30.3 Å². The molecule has 0 aromatic heterocycles. The summed E-state index contributed by atoms with van der Waals surface area (Å²) in [5.41, 5.74) is 1.37. The first-order chi connectivity index (χ1) is 10.7. The van der Waals surface area contributed by atoms with Crippen molar-refractivity contribution in [3.63, 3.8) is 0 Å². The molecule has 6 heteroatoms. The molecule has 2 heterocycles. The van der Waals surface area contributed by atoms with Crippen molar-refractivity contribution < 1.29 is 4.79 Å². The van der Waals surface area contributed by atoms with Crippen LogP contribution in [-0.4, -0.2) is 47.6 Å². The van der Waals surface area contributed by atoms with Crippen molar-refractivity contribution in [3.05, 3.63) is 35.9 Å². The average Bonchev–Trinajstić information content (AvgIpc) is 3.19. The van der Waals surface area contributed by atoms with Crippen molar-refractivity contribution in [2.24, 2.45) is 5.92 Å². The highest BCUT2D eigenvalue weighted by Gasteiger charge is 2.30. The fourth-order valence-electron chi connectivity index (χ4n) is 3.26. The number of carbonyl (C=O) groups excluding carboxylic acids is 1. The third-order valence-electron chi connectivity index (χ3n) is 4.67. The molecule has 2 aliphatic heterocycles. The monoisotopic (exact) mass is 355 g/mol. The lowest BCUT2D eigenvalue weighted by molar-refractivity contribution is -0.123. The van der Waals surface area contributed by atoms with Gasteiger partial charge in [-0.1, -0.05) is 30.3 Å². The van der Waals surface area contributed by atoms with E-state index >= 15 is 0 Å². The second-order valence-corrected chi connectivity index (χ2v) is 7.37. The second kappa shape index (κ2) is 8.92. The summed E-state index contributed by atoms with van der Waals surface area (Å²) >= 11 is 1.79. The molecule has 0 bridgehead atoms. The number of nitrogens with zero attached hydrogens (tertiary/aromatic N) is 1. The van der Waals surface area contributed by atoms with Gasteiger partial charge < -0.3 is 5.32 Å². The minimum atomic E-state index is -0.00530. The Morgan fingerprint density at radius 3 is 2.91 bits per heavy atom. The van der Waals surface area contributed by atoms with Crippen LogP contribution in [0.1, 0.15) is 18.9 Å². The van der Waals surface area contributed by atoms with Crippen molar-refractivity contribution in [1.82, 2.24) is 15.5 Å². The predicted octanol–water partition coefficient (Wildman–Crippen LogP) is 2.10. The molecule has 3 atom stereocenters. The van der Waals surface area contributed by atoms with Crippen LogP contribution < -0.4 is 10.6 Å². The number of hydrogen-bond donors (Lipinski definition) is 2. The van der Waals surface area contributed by atoms with Gasteiger partial charge in [0.2, 0.25) is 5.91 Å². The number of rotatable bonds is 5. The summed E-state index contributed by atoms with van der Waals surface area (Å²) in [6.07, 6.45) is 1.17. The Balaban J connectivity index is 0.00000192. The van der Waals surface area contributed by atoms with Crippen molar-refractivity contribution in [1.29, 1.82) is 0 Å². The number of benzene rings is 1. The molecule has 2 saturated heterocycles. The molecule has 0 spiro atoms. The van der Waals surface area contributed by atoms with Crippen LogP contribution in [0.25, 0.3) is 0 Å². The topological polar surface area (TPSA) is 44.4 Å². The Morgan fingerprint density at radius 1 is 1.43 bits per heavy atom. The second-order valence-electron chi connectivity index (χ2n) is 6.34. The zero-order valence-electron chi connectivity index (χ0n) is 13.5. The number of hydrogen-bond acceptors (Lipinski definition) is 4. The van der Waals surface area contributed by atoms with E-state index in [0.29, 0.717) is 5.92 Å². The van der Waals surface area contributed by atoms with Crippen LogP contribution in [-0.2, 0) is 11.3 Å². The maximum Gasteiger partial charge on any atom is 0.238 e. The zero-order valence-corrected chi connectivity index (χ0v) is 15.2. The summed E-state index contributed by atoms with van der Waals surface area (Å²) in [4.78, 5) is 14.7. The molecular formula is C17H26ClN3OS. The highest BCUT2D eigenvalue weighted by molar-refractivity contribution is 7.99. The number of thioether (sulfide) groups is 1. The van der Waals surface area contributed by atoms with E-state index in [1.807, 2.05) is 0 Å². The molecule has 4 nitrogen and oxygen atoms in total. The smallest absolute Gasteiger partial charge is 0.238 e. The summed E-state index contributed by atoms with van der Waals surface area (Å²) in [5.74, 6) is 2.50. The fraction of sp³-hybridized carbons (Fsp3) is 0.588. The van der Waals surface area contributed by atoms with Gasteiger partial charge in [0.25, 0.3) is 0 Å². The lowest BCUT2D eigenvalue weighted by Crippen LogP contribution is -2.48. The van der Waals surface area contributed by atoms with E-state index in [-0.39, 0.29) is 30.4 Å². The van der Waals surface area contributed by atoms with E-state index in [1.165, 1.54) is 12.0 Å². The van der Waals surface area contributed by atoms with Gasteiger partial charge >= 0.3 is 0 Å². The van der Waals surface area contributed by atoms with Gasteiger partial charge in [-0.15, -0.1) is 24.2 Å². The van der Waals surface area contributed by atoms with E-state index in [9.17, 15) is 4.79 Å². The summed E-state index contributed by atoms with van der Waals surface area (Å²) in [7, 11) is 0. The van der Waals surface area contributed by atoms with Gasteiger partial charge in [0.05, 0.1) is 6.04 Å². The highest BCUT2D eigenvalue weighted by Crippen LogP contribution is 2.22. The van der Waals surface area contributed by atoms with E-state index in [0.717, 1.165) is 31.3 Å². The normalized spacial score (nSPS) is 25.8. The highest BCUT2D eigenvalue weighted by atomic mass is 35.5. The van der Waals surface area contributed by atoms with Crippen LogP contribution in [0.5, 0.6) is 0 Å². The standard InChI is InChI=1S/C17H25N3OS.ClH/c1-13(19-17(21)16-11-22-12-18-16)15-7-8-20(10-15)9-14-5-3-2-4-6-14;/h2-6,13,15-16,18H,7-12H2,1H3,(H,19,21);1H. The minimum absolute atomic E-state index is 0. The van der Waals surface area contributed by atoms with Gasteiger partial charge in [-0.3, -0.25) is 15.0 Å². The number of carbonyl (C=O) groups is 1. The molecule has 23 heavy (non-hydrogen) atoms. The Labute approximate surface area is 149 Å². The van der Waals surface area contributed by atoms with Crippen LogP contribution in [0, 0.1) is 5.92 Å². The molecule has 0 aliphatic carbocycles. The van der Waals surface area contributed by atoms with Crippen molar-refractivity contribution in [2.75, 3.05) is 24.7 Å². The largest absolute Gasteiger partial charge is 0.352 e. The summed E-state index contributed by atoms with van der Waals surface area (Å²) < 4.78 is 0. The summed E-state index contributed by atoms with van der Waals surface area (Å²) in [6.45, 7) is 5.36. The first-order valence-electron chi connectivity index (χ1n) is 8.10. The van der Waals surface area contributed by atoms with Gasteiger partial charge in [-0.05, 0) is 31.4 Å². The summed E-state index contributed by atoms with van der Waals surface area (Å²) in [6, 6.07) is 10.9. The first kappa shape index (κ1) is 18.6. The van der Waals surface area contributed by atoms with Gasteiger partial charge in [0.15, 0.2) is 0 Å². The molecule has 2 N–H and O–H groups in total. The molecule has 2 fully saturated rings. The molecule has 128 valence electrons. The Morgan fingerprint density at radius 2 is 2.22 bits per heavy atom. The summed E-state index contributed by atoms with van der Waals surface area (Å²) in [5, 5.41) is 6.44. The van der Waals surface area contributed by atoms with Gasteiger partial charge in [0, 0.05) is 30.8 Å². The lowest BCUT2D eigenvalue weighted by atomic mass is 10.0. The first-order valence-corrected chi connectivity index (χ1v) is 9.25. The van der Waals surface area contributed by atoms with Gasteiger partial charge in [0.1, 0.15) is 0 Å². The maximum atomic E-state index is 12.2. The van der Waals surface area contributed by atoms with Crippen molar-refractivity contribution >= 4 is 30.1 Å². The SMILES string of the molecule is CC(NC(=O)C1CSCN1)C1CCN(Cc2ccccc2)C1.Cl. The zero-order chi connectivity index (χ0) is 15.4. The third kappa shape index (κ3) is 5.11. The van der Waals surface area contributed by atoms with Crippen LogP contribution >= 0.6 is 24.2 Å². The van der Waals surface area contributed by atoms with E-state index in [2.05, 4.69) is 52.8 Å². The molecule has 3 rings (SSSR count). The molecular weight excluding hydrogens is 330 g/mol. The molecule has 1 aromatic carbocycles. The lowest BCUT2D eigenvalue weighted by Gasteiger charge is -2.23. The van der Waals surface area contributed by atoms with Gasteiger partial charge in [-0.2, -0.15) is 0 Å². The van der Waals surface area contributed by atoms with Crippen molar-refractivity contribution in [2.45, 2.75) is 32.0 Å². The minimum Gasteiger partial charge on any atom is -0.352 e. The van der Waals surface area contributed by atoms with Crippen LogP contribution in [0.4, 0.5) is 0 Å². The molecule has 2 aliphatic rings. The molecule has 3 unspecified atom stereocenters. The van der Waals surface area contributed by atoms with Crippen molar-refractivity contribution in [3.8, 4) is 0 Å². The quantitative estimate of drug-likeness (QED) is 0.849. The molecule has 0 radical (unpaired) electrons. The Bertz CT molecular complexity index is 496. The maximum absolute atomic E-state index is 12.2. The number of amides is 1. The Kier molecular flexibility index (Phi) is 7.21. The van der Waals surface area contributed by atoms with Gasteiger partial charge in [-0.25, -0.2) is 0 Å². The van der Waals surface area contributed by atoms with E-state index in [1.54, 1.807) is 11.8 Å². The molecule has 0 saturated carbocycles. The molecule has 1 amide bonds. The van der Waals surface area contributed by atoms with E-state index < -0.39 is 0 Å². The fourth-order valence-corrected chi connectivity index (χ4v) is 4.20. The third-order valence-corrected chi connectivity index (χ3v) is 5.61. The van der Waals surface area contributed by atoms with Crippen LogP contribution in [0.3, 0.4) is 0 Å². The number of nitrogens with one attached hydrogen (secondary N) is 2. The average molecular weight is 356 g/mol. The van der Waals surface area contributed by atoms with Crippen LogP contribution in [0.2, 0.25) is 0 Å².